The first-order valence-electron chi connectivity index (χ1n) is 7.89. The van der Waals surface area contributed by atoms with Gasteiger partial charge in [-0.05, 0) is 28.5 Å². The molecule has 0 amide bonds. The second-order valence-electron chi connectivity index (χ2n) is 5.88. The minimum Gasteiger partial charge on any atom is -0.483 e. The van der Waals surface area contributed by atoms with Gasteiger partial charge in [-0.1, -0.05) is 42.5 Å². The number of halogens is 1. The molecule has 2 aromatic carbocycles. The van der Waals surface area contributed by atoms with Crippen molar-refractivity contribution in [1.82, 2.24) is 4.90 Å². The Bertz CT molecular complexity index is 839. The van der Waals surface area contributed by atoms with Gasteiger partial charge in [-0.3, -0.25) is 4.90 Å². The maximum absolute atomic E-state index is 6.46. The minimum absolute atomic E-state index is 0. The number of nitrogens with zero attached hydrogens (tertiary/aromatic N) is 1. The van der Waals surface area contributed by atoms with Crippen LogP contribution in [0.25, 0.3) is 10.8 Å². The highest BCUT2D eigenvalue weighted by atomic mass is 35.5. The summed E-state index contributed by atoms with van der Waals surface area (Å²) in [5.74, 6) is 0.966. The molecule has 124 valence electrons. The Labute approximate surface area is 152 Å². The normalized spacial score (nSPS) is 17.1. The zero-order valence-corrected chi connectivity index (χ0v) is 15.0. The van der Waals surface area contributed by atoms with Crippen LogP contribution in [0.4, 0.5) is 0 Å². The van der Waals surface area contributed by atoms with Crippen LogP contribution in [0.15, 0.2) is 66.6 Å². The van der Waals surface area contributed by atoms with Crippen molar-refractivity contribution in [3.8, 4) is 5.75 Å². The van der Waals surface area contributed by atoms with Crippen molar-refractivity contribution in [2.24, 2.45) is 0 Å². The molecule has 1 aromatic heterocycles. The fraction of sp³-hybridized carbons (Fsp3) is 0.200. The highest BCUT2D eigenvalue weighted by Crippen LogP contribution is 2.36. The van der Waals surface area contributed by atoms with E-state index in [4.69, 9.17) is 4.74 Å². The third kappa shape index (κ3) is 3.20. The second-order valence-corrected chi connectivity index (χ2v) is 6.82. The highest BCUT2D eigenvalue weighted by Gasteiger charge is 2.27. The van der Waals surface area contributed by atoms with Crippen molar-refractivity contribution in [1.29, 1.82) is 0 Å². The van der Waals surface area contributed by atoms with Gasteiger partial charge < -0.3 is 4.74 Å². The molecule has 24 heavy (non-hydrogen) atoms. The summed E-state index contributed by atoms with van der Waals surface area (Å²) in [5, 5.41) is 4.56. The third-order valence-corrected chi connectivity index (χ3v) is 5.35. The highest BCUT2D eigenvalue weighted by molar-refractivity contribution is 7.10. The lowest BCUT2D eigenvalue weighted by molar-refractivity contribution is 0.124. The van der Waals surface area contributed by atoms with Crippen molar-refractivity contribution in [2.45, 2.75) is 12.6 Å². The van der Waals surface area contributed by atoms with Gasteiger partial charge >= 0.3 is 0 Å². The Balaban J connectivity index is 0.00000169. The molecule has 1 aliphatic rings. The van der Waals surface area contributed by atoms with Crippen molar-refractivity contribution < 1.29 is 4.74 Å². The summed E-state index contributed by atoms with van der Waals surface area (Å²) in [6.45, 7) is 6.65. The largest absolute Gasteiger partial charge is 0.483 e. The fourth-order valence-corrected chi connectivity index (χ4v) is 4.18. The first-order valence-corrected chi connectivity index (χ1v) is 8.77. The lowest BCUT2D eigenvalue weighted by Gasteiger charge is -2.32. The predicted octanol–water partition coefficient (Wildman–Crippen LogP) is 5.44. The standard InChI is InChI=1S/C20H19NOS.ClH/c1-2-11-21-13-16-10-12-23-20(16)19(14-21)22-18-9-5-7-15-6-3-4-8-17(15)18;/h2-10,12,19H,1,11,13-14H2;1H. The molecule has 4 rings (SSSR count). The van der Waals surface area contributed by atoms with E-state index in [1.807, 2.05) is 6.08 Å². The minimum atomic E-state index is 0. The summed E-state index contributed by atoms with van der Waals surface area (Å²) in [5.41, 5.74) is 1.38. The molecular formula is C20H20ClNOS. The van der Waals surface area contributed by atoms with Crippen molar-refractivity contribution in [2.75, 3.05) is 13.1 Å². The number of ether oxygens (including phenoxy) is 1. The molecule has 3 aromatic rings. The van der Waals surface area contributed by atoms with Crippen LogP contribution in [0.5, 0.6) is 5.75 Å². The van der Waals surface area contributed by atoms with E-state index in [0.29, 0.717) is 0 Å². The second kappa shape index (κ2) is 7.39. The molecule has 0 saturated carbocycles. The average molecular weight is 358 g/mol. The van der Waals surface area contributed by atoms with E-state index < -0.39 is 0 Å². The topological polar surface area (TPSA) is 12.5 Å². The maximum atomic E-state index is 6.46. The van der Waals surface area contributed by atoms with E-state index in [9.17, 15) is 0 Å². The molecule has 4 heteroatoms. The number of thiophene rings is 1. The number of hydrogen-bond donors (Lipinski definition) is 0. The van der Waals surface area contributed by atoms with Gasteiger partial charge in [0.25, 0.3) is 0 Å². The number of benzene rings is 2. The van der Waals surface area contributed by atoms with E-state index in [-0.39, 0.29) is 18.5 Å². The van der Waals surface area contributed by atoms with Gasteiger partial charge in [-0.15, -0.1) is 30.3 Å². The summed E-state index contributed by atoms with van der Waals surface area (Å²) in [6, 6.07) is 16.9. The molecule has 2 heterocycles. The fourth-order valence-electron chi connectivity index (χ4n) is 3.25. The molecule has 0 saturated heterocycles. The first kappa shape index (κ1) is 17.0. The van der Waals surface area contributed by atoms with Gasteiger partial charge in [-0.25, -0.2) is 0 Å². The molecular weight excluding hydrogens is 338 g/mol. The number of hydrogen-bond acceptors (Lipinski definition) is 3. The molecule has 2 nitrogen and oxygen atoms in total. The molecule has 0 N–H and O–H groups in total. The lowest BCUT2D eigenvalue weighted by Crippen LogP contribution is -2.35. The molecule has 1 atom stereocenters. The van der Waals surface area contributed by atoms with Crippen LogP contribution in [-0.2, 0) is 6.54 Å². The molecule has 1 unspecified atom stereocenters. The van der Waals surface area contributed by atoms with E-state index in [1.165, 1.54) is 21.2 Å². The Morgan fingerprint density at radius 2 is 2.00 bits per heavy atom. The Morgan fingerprint density at radius 1 is 1.17 bits per heavy atom. The van der Waals surface area contributed by atoms with Crippen LogP contribution < -0.4 is 4.74 Å². The van der Waals surface area contributed by atoms with Gasteiger partial charge in [0.1, 0.15) is 11.9 Å². The van der Waals surface area contributed by atoms with Crippen molar-refractivity contribution >= 4 is 34.5 Å². The monoisotopic (exact) mass is 357 g/mol. The van der Waals surface area contributed by atoms with Gasteiger partial charge in [0.15, 0.2) is 0 Å². The van der Waals surface area contributed by atoms with E-state index in [1.54, 1.807) is 11.3 Å². The van der Waals surface area contributed by atoms with E-state index in [2.05, 4.69) is 65.4 Å². The molecule has 0 fully saturated rings. The van der Waals surface area contributed by atoms with Crippen LogP contribution in [0.3, 0.4) is 0 Å². The number of fused-ring (bicyclic) bond motifs is 2. The Morgan fingerprint density at radius 3 is 2.88 bits per heavy atom. The van der Waals surface area contributed by atoms with Crippen LogP contribution in [-0.4, -0.2) is 18.0 Å². The summed E-state index contributed by atoms with van der Waals surface area (Å²) < 4.78 is 6.46. The Hall–Kier alpha value is -1.81. The molecule has 0 radical (unpaired) electrons. The molecule has 0 bridgehead atoms. The van der Waals surface area contributed by atoms with Crippen LogP contribution >= 0.6 is 23.7 Å². The maximum Gasteiger partial charge on any atom is 0.146 e. The van der Waals surface area contributed by atoms with Gasteiger partial charge in [-0.2, -0.15) is 0 Å². The average Bonchev–Trinajstić information content (AvgIpc) is 3.04. The van der Waals surface area contributed by atoms with Crippen LogP contribution in [0.1, 0.15) is 16.5 Å². The zero-order valence-electron chi connectivity index (χ0n) is 13.4. The predicted molar refractivity (Wildman–Crippen MR) is 104 cm³/mol. The van der Waals surface area contributed by atoms with Gasteiger partial charge in [0.05, 0.1) is 4.88 Å². The Kier molecular flexibility index (Phi) is 5.24. The first-order chi connectivity index (χ1) is 11.3. The van der Waals surface area contributed by atoms with Crippen molar-refractivity contribution in [3.05, 3.63) is 77.0 Å². The smallest absolute Gasteiger partial charge is 0.146 e. The summed E-state index contributed by atoms with van der Waals surface area (Å²) in [7, 11) is 0. The lowest BCUT2D eigenvalue weighted by atomic mass is 10.1. The molecule has 1 aliphatic heterocycles. The quantitative estimate of drug-likeness (QED) is 0.576. The SMILES string of the molecule is C=CCN1Cc2ccsc2C(Oc2cccc3ccccc23)C1.Cl. The van der Waals surface area contributed by atoms with Gasteiger partial charge in [0.2, 0.25) is 0 Å². The summed E-state index contributed by atoms with van der Waals surface area (Å²) in [6.07, 6.45) is 2.05. The van der Waals surface area contributed by atoms with Gasteiger partial charge in [0, 0.05) is 25.0 Å². The molecule has 0 spiro atoms. The molecule has 0 aliphatic carbocycles. The van der Waals surface area contributed by atoms with Crippen LogP contribution in [0.2, 0.25) is 0 Å². The number of rotatable bonds is 4. The summed E-state index contributed by atoms with van der Waals surface area (Å²) >= 11 is 1.80. The van der Waals surface area contributed by atoms with Crippen molar-refractivity contribution in [3.63, 3.8) is 0 Å². The third-order valence-electron chi connectivity index (χ3n) is 4.30. The summed E-state index contributed by atoms with van der Waals surface area (Å²) in [4.78, 5) is 3.75. The van der Waals surface area contributed by atoms with E-state index in [0.717, 1.165) is 25.4 Å². The van der Waals surface area contributed by atoms with Crippen LogP contribution in [0, 0.1) is 0 Å². The zero-order chi connectivity index (χ0) is 15.6. The van der Waals surface area contributed by atoms with E-state index >= 15 is 0 Å².